The van der Waals surface area contributed by atoms with Crippen molar-refractivity contribution in [1.29, 1.82) is 0 Å². The lowest BCUT2D eigenvalue weighted by Gasteiger charge is -2.19. The number of nitrogens with one attached hydrogen (secondary N) is 1. The molecule has 2 rings (SSSR count). The standard InChI is InChI=1S/C18H13F6NO3/c19-13-8-11(6-7-12(13)18(22,23)24)15(16(26)25-9-14(20)21)28-17(27)10-4-2-1-3-5-10/h1-8,14-15H,9H2,(H,25,26). The molecule has 0 saturated carbocycles. The van der Waals surface area contributed by atoms with Crippen molar-refractivity contribution in [1.82, 2.24) is 5.32 Å². The van der Waals surface area contributed by atoms with Crippen LogP contribution >= 0.6 is 0 Å². The van der Waals surface area contributed by atoms with Crippen molar-refractivity contribution in [3.63, 3.8) is 0 Å². The Balaban J connectivity index is 2.34. The number of esters is 1. The minimum Gasteiger partial charge on any atom is -0.444 e. The van der Waals surface area contributed by atoms with Gasteiger partial charge in [-0.15, -0.1) is 0 Å². The van der Waals surface area contributed by atoms with E-state index in [9.17, 15) is 35.9 Å². The summed E-state index contributed by atoms with van der Waals surface area (Å²) in [5, 5.41) is 1.79. The Morgan fingerprint density at radius 2 is 1.68 bits per heavy atom. The Hall–Kier alpha value is -3.04. The van der Waals surface area contributed by atoms with E-state index in [4.69, 9.17) is 4.74 Å². The lowest BCUT2D eigenvalue weighted by Crippen LogP contribution is -2.35. The summed E-state index contributed by atoms with van der Waals surface area (Å²) in [6.45, 7) is -1.08. The number of carbonyl (C=O) groups excluding carboxylic acids is 2. The predicted molar refractivity (Wildman–Crippen MR) is 85.0 cm³/mol. The predicted octanol–water partition coefficient (Wildman–Crippen LogP) is 4.12. The van der Waals surface area contributed by atoms with Crippen LogP contribution in [0, 0.1) is 5.82 Å². The van der Waals surface area contributed by atoms with Gasteiger partial charge in [-0.2, -0.15) is 13.2 Å². The van der Waals surface area contributed by atoms with E-state index in [0.717, 1.165) is 6.07 Å². The van der Waals surface area contributed by atoms with Crippen LogP contribution in [0.25, 0.3) is 0 Å². The number of ether oxygens (including phenoxy) is 1. The Morgan fingerprint density at radius 1 is 1.04 bits per heavy atom. The summed E-state index contributed by atoms with van der Waals surface area (Å²) in [6, 6.07) is 8.71. The first-order chi connectivity index (χ1) is 13.1. The molecule has 0 fully saturated rings. The maximum absolute atomic E-state index is 13.8. The molecule has 10 heteroatoms. The number of carbonyl (C=O) groups is 2. The Morgan fingerprint density at radius 3 is 2.21 bits per heavy atom. The minimum absolute atomic E-state index is 0.00143. The molecule has 150 valence electrons. The van der Waals surface area contributed by atoms with Crippen LogP contribution in [0.3, 0.4) is 0 Å². The molecule has 0 radical (unpaired) electrons. The molecule has 0 aliphatic heterocycles. The largest absolute Gasteiger partial charge is 0.444 e. The molecule has 0 heterocycles. The zero-order valence-electron chi connectivity index (χ0n) is 14.0. The number of alkyl halides is 5. The van der Waals surface area contributed by atoms with Crippen LogP contribution in [0.15, 0.2) is 48.5 Å². The van der Waals surface area contributed by atoms with E-state index in [1.54, 1.807) is 11.4 Å². The zero-order valence-corrected chi connectivity index (χ0v) is 14.0. The first-order valence-corrected chi connectivity index (χ1v) is 7.78. The number of hydrogen-bond donors (Lipinski definition) is 1. The quantitative estimate of drug-likeness (QED) is 0.581. The molecule has 1 amide bonds. The Labute approximate surface area is 155 Å². The summed E-state index contributed by atoms with van der Waals surface area (Å²) >= 11 is 0. The third-order valence-electron chi connectivity index (χ3n) is 3.50. The van der Waals surface area contributed by atoms with Crippen molar-refractivity contribution < 1.29 is 40.7 Å². The first-order valence-electron chi connectivity index (χ1n) is 7.78. The van der Waals surface area contributed by atoms with Gasteiger partial charge in [-0.1, -0.05) is 24.3 Å². The molecule has 1 N–H and O–H groups in total. The second-order valence-corrected chi connectivity index (χ2v) is 5.52. The average molecular weight is 405 g/mol. The van der Waals surface area contributed by atoms with Gasteiger partial charge in [0.2, 0.25) is 6.10 Å². The maximum Gasteiger partial charge on any atom is 0.419 e. The van der Waals surface area contributed by atoms with Gasteiger partial charge in [0.25, 0.3) is 12.3 Å². The van der Waals surface area contributed by atoms with E-state index < -0.39 is 54.1 Å². The average Bonchev–Trinajstić information content (AvgIpc) is 2.63. The van der Waals surface area contributed by atoms with E-state index in [1.165, 1.54) is 24.3 Å². The van der Waals surface area contributed by atoms with Gasteiger partial charge < -0.3 is 10.1 Å². The molecule has 1 unspecified atom stereocenters. The molecule has 0 saturated heterocycles. The zero-order chi connectivity index (χ0) is 20.9. The molecule has 2 aromatic rings. The van der Waals surface area contributed by atoms with Crippen molar-refractivity contribution >= 4 is 11.9 Å². The summed E-state index contributed by atoms with van der Waals surface area (Å²) in [5.74, 6) is -3.98. The van der Waals surface area contributed by atoms with Crippen molar-refractivity contribution in [3.05, 3.63) is 71.0 Å². The summed E-state index contributed by atoms with van der Waals surface area (Å²) < 4.78 is 81.5. The fraction of sp³-hybridized carbons (Fsp3) is 0.222. The van der Waals surface area contributed by atoms with Crippen molar-refractivity contribution in [2.75, 3.05) is 6.54 Å². The van der Waals surface area contributed by atoms with Crippen LogP contribution in [0.1, 0.15) is 27.6 Å². The van der Waals surface area contributed by atoms with Crippen LogP contribution in [-0.4, -0.2) is 24.8 Å². The maximum atomic E-state index is 13.8. The summed E-state index contributed by atoms with van der Waals surface area (Å²) in [7, 11) is 0. The summed E-state index contributed by atoms with van der Waals surface area (Å²) in [5.41, 5.74) is -2.03. The van der Waals surface area contributed by atoms with Gasteiger partial charge in [0.05, 0.1) is 17.7 Å². The Kier molecular flexibility index (Phi) is 6.66. The molecule has 4 nitrogen and oxygen atoms in total. The van der Waals surface area contributed by atoms with E-state index in [-0.39, 0.29) is 5.56 Å². The second kappa shape index (κ2) is 8.77. The van der Waals surface area contributed by atoms with Gasteiger partial charge in [0.15, 0.2) is 0 Å². The number of amides is 1. The van der Waals surface area contributed by atoms with Crippen LogP contribution in [0.5, 0.6) is 0 Å². The monoisotopic (exact) mass is 405 g/mol. The number of hydrogen-bond acceptors (Lipinski definition) is 3. The number of rotatable bonds is 6. The molecule has 0 spiro atoms. The summed E-state index contributed by atoms with van der Waals surface area (Å²) in [6.07, 6.45) is -9.82. The molecule has 1 atom stereocenters. The minimum atomic E-state index is -4.98. The van der Waals surface area contributed by atoms with Crippen molar-refractivity contribution in [2.24, 2.45) is 0 Å². The lowest BCUT2D eigenvalue weighted by molar-refractivity contribution is -0.140. The highest BCUT2D eigenvalue weighted by atomic mass is 19.4. The molecule has 0 bridgehead atoms. The molecular formula is C18H13F6NO3. The van der Waals surface area contributed by atoms with Gasteiger partial charge in [-0.25, -0.2) is 18.0 Å². The SMILES string of the molecule is O=C(OC(C(=O)NCC(F)F)c1ccc(C(F)(F)F)c(F)c1)c1ccccc1. The van der Waals surface area contributed by atoms with E-state index in [1.807, 2.05) is 0 Å². The van der Waals surface area contributed by atoms with Crippen molar-refractivity contribution in [2.45, 2.75) is 18.7 Å². The highest BCUT2D eigenvalue weighted by Gasteiger charge is 2.35. The fourth-order valence-corrected chi connectivity index (χ4v) is 2.22. The van der Waals surface area contributed by atoms with E-state index in [2.05, 4.69) is 0 Å². The number of benzene rings is 2. The molecule has 2 aromatic carbocycles. The molecule has 0 aliphatic carbocycles. The topological polar surface area (TPSA) is 55.4 Å². The highest BCUT2D eigenvalue weighted by Crippen LogP contribution is 2.33. The first kappa shape index (κ1) is 21.3. The number of halogens is 6. The van der Waals surface area contributed by atoms with E-state index >= 15 is 0 Å². The molecule has 0 aliphatic rings. The second-order valence-electron chi connectivity index (χ2n) is 5.52. The van der Waals surface area contributed by atoms with Crippen LogP contribution in [0.2, 0.25) is 0 Å². The van der Waals surface area contributed by atoms with Gasteiger partial charge >= 0.3 is 12.1 Å². The molecule has 0 aromatic heterocycles. The van der Waals surface area contributed by atoms with Crippen LogP contribution < -0.4 is 5.32 Å². The smallest absolute Gasteiger partial charge is 0.419 e. The molecular weight excluding hydrogens is 392 g/mol. The van der Waals surface area contributed by atoms with Crippen molar-refractivity contribution in [3.8, 4) is 0 Å². The third-order valence-corrected chi connectivity index (χ3v) is 3.50. The van der Waals surface area contributed by atoms with Gasteiger partial charge in [0, 0.05) is 5.56 Å². The van der Waals surface area contributed by atoms with E-state index in [0.29, 0.717) is 12.1 Å². The third kappa shape index (κ3) is 5.48. The van der Waals surface area contributed by atoms with Crippen LogP contribution in [-0.2, 0) is 15.7 Å². The van der Waals surface area contributed by atoms with Gasteiger partial charge in [-0.3, -0.25) is 4.79 Å². The van der Waals surface area contributed by atoms with Crippen LogP contribution in [0.4, 0.5) is 26.3 Å². The molecule has 28 heavy (non-hydrogen) atoms. The summed E-state index contributed by atoms with van der Waals surface area (Å²) in [4.78, 5) is 24.3. The Bertz CT molecular complexity index is 839. The van der Waals surface area contributed by atoms with Gasteiger partial charge in [0.1, 0.15) is 5.82 Å². The fourth-order valence-electron chi connectivity index (χ4n) is 2.22. The normalized spacial score (nSPS) is 12.5. The lowest BCUT2D eigenvalue weighted by atomic mass is 10.0. The van der Waals surface area contributed by atoms with Gasteiger partial charge in [-0.05, 0) is 24.3 Å². The highest BCUT2D eigenvalue weighted by molar-refractivity contribution is 5.92.